The lowest BCUT2D eigenvalue weighted by Crippen LogP contribution is -2.05. The summed E-state index contributed by atoms with van der Waals surface area (Å²) >= 11 is 0. The van der Waals surface area contributed by atoms with Gasteiger partial charge in [0.15, 0.2) is 0 Å². The Kier molecular flexibility index (Phi) is 1.43. The topological polar surface area (TPSA) is 0 Å². The zero-order valence-corrected chi connectivity index (χ0v) is 4.81. The van der Waals surface area contributed by atoms with E-state index in [4.69, 9.17) is 7.85 Å². The molecule has 2 radical (unpaired) electrons. The summed E-state index contributed by atoms with van der Waals surface area (Å²) in [5, 5.41) is -0.0833. The van der Waals surface area contributed by atoms with E-state index >= 15 is 0 Å². The van der Waals surface area contributed by atoms with Crippen molar-refractivity contribution in [1.82, 2.24) is 0 Å². The van der Waals surface area contributed by atoms with Crippen molar-refractivity contribution in [2.24, 2.45) is 0 Å². The highest BCUT2D eigenvalue weighted by Gasteiger charge is 1.95. The van der Waals surface area contributed by atoms with Crippen molar-refractivity contribution in [2.75, 3.05) is 0 Å². The van der Waals surface area contributed by atoms with Gasteiger partial charge in [-0.3, -0.25) is 0 Å². The first-order valence-electron chi connectivity index (χ1n) is 1.58. The van der Waals surface area contributed by atoms with E-state index in [2.05, 4.69) is 9.24 Å². The third kappa shape index (κ3) is 114. The van der Waals surface area contributed by atoms with Crippen molar-refractivity contribution in [3.63, 3.8) is 0 Å². The molecule has 0 amide bonds. The minimum Gasteiger partial charge on any atom is -0.141 e. The standard InChI is InChI=1S/C3H8BP/c1-3(2,4)5/h5H2,1-2H3. The minimum absolute atomic E-state index is 0.0833. The van der Waals surface area contributed by atoms with Crippen molar-refractivity contribution < 1.29 is 0 Å². The van der Waals surface area contributed by atoms with Crippen LogP contribution in [0.15, 0.2) is 0 Å². The monoisotopic (exact) mass is 86.0 g/mol. The molecule has 0 saturated heterocycles. The Bertz CT molecular complexity index is 22.4. The third-order valence-corrected chi connectivity index (χ3v) is 0. The maximum Gasteiger partial charge on any atom is 0.0795 e. The average Bonchev–Trinajstić information content (AvgIpc) is 0.722. The zero-order chi connectivity index (χ0) is 4.50. The fraction of sp³-hybridized carbons (Fsp3) is 1.00. The first kappa shape index (κ1) is 5.49. The fourth-order valence-corrected chi connectivity index (χ4v) is 0. The molecule has 28 valence electrons. The molecule has 0 bridgehead atoms. The van der Waals surface area contributed by atoms with Crippen molar-refractivity contribution in [2.45, 2.75) is 18.9 Å². The average molecular weight is 85.9 g/mol. The second kappa shape index (κ2) is 1.30. The Balaban J connectivity index is 3.02. The van der Waals surface area contributed by atoms with Gasteiger partial charge in [-0.05, 0) is 0 Å². The van der Waals surface area contributed by atoms with Crippen LogP contribution < -0.4 is 0 Å². The van der Waals surface area contributed by atoms with Crippen LogP contribution in [-0.4, -0.2) is 12.9 Å². The molecule has 0 rings (SSSR count). The van der Waals surface area contributed by atoms with Gasteiger partial charge in [0, 0.05) is 0 Å². The molecule has 0 aromatic carbocycles. The Labute approximate surface area is 37.0 Å². The second-order valence-electron chi connectivity index (χ2n) is 1.82. The van der Waals surface area contributed by atoms with Crippen LogP contribution in [0.1, 0.15) is 13.8 Å². The molecule has 1 unspecified atom stereocenters. The molecule has 0 aliphatic rings. The molecule has 0 heterocycles. The lowest BCUT2D eigenvalue weighted by atomic mass is 9.91. The molecule has 5 heavy (non-hydrogen) atoms. The molecule has 0 aromatic rings. The highest BCUT2D eigenvalue weighted by atomic mass is 31.0. The SMILES string of the molecule is [B]C(C)(C)P. The highest BCUT2D eigenvalue weighted by Crippen LogP contribution is 2.07. The van der Waals surface area contributed by atoms with Gasteiger partial charge in [-0.2, -0.15) is 0 Å². The Morgan fingerprint density at radius 1 is 1.60 bits per heavy atom. The maximum atomic E-state index is 5.32. The van der Waals surface area contributed by atoms with E-state index in [0.29, 0.717) is 0 Å². The van der Waals surface area contributed by atoms with Gasteiger partial charge < -0.3 is 0 Å². The molecule has 0 aliphatic heterocycles. The Hall–Kier alpha value is 0.495. The maximum absolute atomic E-state index is 5.32. The molecule has 0 saturated carbocycles. The molecule has 1 atom stereocenters. The summed E-state index contributed by atoms with van der Waals surface area (Å²) in [7, 11) is 7.81. The van der Waals surface area contributed by atoms with E-state index in [0.717, 1.165) is 0 Å². The molecule has 0 aliphatic carbocycles. The molecule has 2 heteroatoms. The van der Waals surface area contributed by atoms with Gasteiger partial charge in [0.05, 0.1) is 7.85 Å². The lowest BCUT2D eigenvalue weighted by molar-refractivity contribution is 1.01. The van der Waals surface area contributed by atoms with Gasteiger partial charge in [-0.15, -0.1) is 9.24 Å². The summed E-state index contributed by atoms with van der Waals surface area (Å²) in [4.78, 5) is 0. The van der Waals surface area contributed by atoms with Crippen molar-refractivity contribution in [3.8, 4) is 0 Å². The second-order valence-corrected chi connectivity index (χ2v) is 3.31. The Morgan fingerprint density at radius 2 is 1.60 bits per heavy atom. The highest BCUT2D eigenvalue weighted by molar-refractivity contribution is 7.22. The predicted octanol–water partition coefficient (Wildman–Crippen LogP) is 0.766. The van der Waals surface area contributed by atoms with E-state index in [-0.39, 0.29) is 5.06 Å². The molecular formula is C3H8BP. The quantitative estimate of drug-likeness (QED) is 0.301. The van der Waals surface area contributed by atoms with E-state index in [1.807, 2.05) is 13.8 Å². The van der Waals surface area contributed by atoms with Gasteiger partial charge in [0.1, 0.15) is 0 Å². The van der Waals surface area contributed by atoms with E-state index in [1.165, 1.54) is 0 Å². The number of hydrogen-bond donors (Lipinski definition) is 0. The molecular weight excluding hydrogens is 77.8 g/mol. The largest absolute Gasteiger partial charge is 0.141 e. The third-order valence-electron chi connectivity index (χ3n) is 0. The first-order chi connectivity index (χ1) is 2.00. The lowest BCUT2D eigenvalue weighted by Gasteiger charge is -2.05. The van der Waals surface area contributed by atoms with Gasteiger partial charge in [-0.25, -0.2) is 0 Å². The first-order valence-corrected chi connectivity index (χ1v) is 2.15. The molecule has 0 fully saturated rings. The summed E-state index contributed by atoms with van der Waals surface area (Å²) in [6, 6.07) is 0. The van der Waals surface area contributed by atoms with Crippen LogP contribution in [-0.2, 0) is 0 Å². The van der Waals surface area contributed by atoms with Crippen LogP contribution in [0.25, 0.3) is 0 Å². The van der Waals surface area contributed by atoms with Gasteiger partial charge >= 0.3 is 0 Å². The van der Waals surface area contributed by atoms with E-state index in [1.54, 1.807) is 0 Å². The smallest absolute Gasteiger partial charge is 0.0795 e. The van der Waals surface area contributed by atoms with Crippen molar-refractivity contribution >= 4 is 17.1 Å². The molecule has 0 nitrogen and oxygen atoms in total. The van der Waals surface area contributed by atoms with Crippen LogP contribution in [0.4, 0.5) is 0 Å². The minimum atomic E-state index is -0.0833. The summed E-state index contributed by atoms with van der Waals surface area (Å²) in [6.07, 6.45) is 0. The molecule has 0 spiro atoms. The van der Waals surface area contributed by atoms with E-state index < -0.39 is 0 Å². The molecule has 0 N–H and O–H groups in total. The summed E-state index contributed by atoms with van der Waals surface area (Å²) in [6.45, 7) is 3.86. The van der Waals surface area contributed by atoms with E-state index in [9.17, 15) is 0 Å². The van der Waals surface area contributed by atoms with Gasteiger partial charge in [0.25, 0.3) is 0 Å². The van der Waals surface area contributed by atoms with Crippen LogP contribution >= 0.6 is 9.24 Å². The number of hydrogen-bond acceptors (Lipinski definition) is 0. The molecule has 0 aromatic heterocycles. The van der Waals surface area contributed by atoms with Crippen molar-refractivity contribution in [3.05, 3.63) is 0 Å². The van der Waals surface area contributed by atoms with Crippen LogP contribution in [0.3, 0.4) is 0 Å². The summed E-state index contributed by atoms with van der Waals surface area (Å²) in [5.74, 6) is 0. The zero-order valence-electron chi connectivity index (χ0n) is 3.65. The van der Waals surface area contributed by atoms with Crippen LogP contribution in [0.5, 0.6) is 0 Å². The predicted molar refractivity (Wildman–Crippen MR) is 29.5 cm³/mol. The summed E-state index contributed by atoms with van der Waals surface area (Å²) in [5.41, 5.74) is 0. The number of rotatable bonds is 0. The van der Waals surface area contributed by atoms with Crippen molar-refractivity contribution in [1.29, 1.82) is 0 Å². The summed E-state index contributed by atoms with van der Waals surface area (Å²) < 4.78 is 0. The normalized spacial score (nSPS) is 11.8. The van der Waals surface area contributed by atoms with Gasteiger partial charge in [-0.1, -0.05) is 18.9 Å². The Morgan fingerprint density at radius 3 is 1.60 bits per heavy atom. The van der Waals surface area contributed by atoms with Crippen LogP contribution in [0, 0.1) is 0 Å². The fourth-order valence-electron chi connectivity index (χ4n) is 0. The van der Waals surface area contributed by atoms with Gasteiger partial charge in [0.2, 0.25) is 0 Å². The van der Waals surface area contributed by atoms with Crippen LogP contribution in [0.2, 0.25) is 0 Å².